The monoisotopic (exact) mass is 274 g/mol. The van der Waals surface area contributed by atoms with Gasteiger partial charge in [-0.15, -0.1) is 0 Å². The average Bonchev–Trinajstić information content (AvgIpc) is 2.72. The van der Waals surface area contributed by atoms with Crippen molar-refractivity contribution in [3.8, 4) is 0 Å². The maximum absolute atomic E-state index is 12.3. The third-order valence-corrected chi connectivity index (χ3v) is 4.16. The number of carbonyl (C=O) groups is 2. The topological polar surface area (TPSA) is 80.5 Å². The summed E-state index contributed by atoms with van der Waals surface area (Å²) in [6, 6.07) is 5.56. The number of nitro benzene ring substituents is 1. The number of carbonyl (C=O) groups excluding carboxylic acids is 2. The Morgan fingerprint density at radius 2 is 1.50 bits per heavy atom. The van der Waals surface area contributed by atoms with E-state index in [4.69, 9.17) is 0 Å². The highest BCUT2D eigenvalue weighted by molar-refractivity contribution is 6.22. The van der Waals surface area contributed by atoms with Crippen LogP contribution in [0.25, 0.3) is 0 Å². The lowest BCUT2D eigenvalue weighted by atomic mass is 9.81. The van der Waals surface area contributed by atoms with Gasteiger partial charge in [-0.2, -0.15) is 0 Å². The number of anilines is 1. The molecule has 6 nitrogen and oxygen atoms in total. The minimum atomic E-state index is -0.503. The van der Waals surface area contributed by atoms with Crippen LogP contribution < -0.4 is 4.90 Å². The van der Waals surface area contributed by atoms with Gasteiger partial charge in [-0.3, -0.25) is 24.6 Å². The molecule has 1 aromatic carbocycles. The summed E-state index contributed by atoms with van der Waals surface area (Å²) >= 11 is 0. The zero-order valence-corrected chi connectivity index (χ0v) is 10.8. The Labute approximate surface area is 115 Å². The van der Waals surface area contributed by atoms with E-state index in [1.165, 1.54) is 29.2 Å². The van der Waals surface area contributed by atoms with E-state index in [-0.39, 0.29) is 29.3 Å². The third kappa shape index (κ3) is 1.88. The van der Waals surface area contributed by atoms with Crippen LogP contribution in [-0.2, 0) is 9.59 Å². The van der Waals surface area contributed by atoms with Gasteiger partial charge in [0, 0.05) is 12.1 Å². The highest BCUT2D eigenvalue weighted by atomic mass is 16.6. The van der Waals surface area contributed by atoms with E-state index in [9.17, 15) is 19.7 Å². The van der Waals surface area contributed by atoms with Crippen molar-refractivity contribution in [3.63, 3.8) is 0 Å². The average molecular weight is 274 g/mol. The Hall–Kier alpha value is -2.24. The summed E-state index contributed by atoms with van der Waals surface area (Å²) in [5.74, 6) is -0.722. The lowest BCUT2D eigenvalue weighted by Crippen LogP contribution is -2.30. The first-order valence-corrected chi connectivity index (χ1v) is 6.72. The van der Waals surface area contributed by atoms with Crippen LogP contribution in [0.15, 0.2) is 24.3 Å². The summed E-state index contributed by atoms with van der Waals surface area (Å²) in [5, 5.41) is 10.6. The van der Waals surface area contributed by atoms with Gasteiger partial charge in [-0.05, 0) is 25.0 Å². The molecular formula is C14H14N2O4. The van der Waals surface area contributed by atoms with Crippen molar-refractivity contribution < 1.29 is 14.5 Å². The minimum absolute atomic E-state index is 0.0507. The Balaban J connectivity index is 1.91. The first-order valence-electron chi connectivity index (χ1n) is 6.72. The molecule has 1 aliphatic carbocycles. The van der Waals surface area contributed by atoms with Crippen LogP contribution >= 0.6 is 0 Å². The molecule has 0 spiro atoms. The molecule has 0 bridgehead atoms. The number of imide groups is 1. The predicted octanol–water partition coefficient (Wildman–Crippen LogP) is 2.27. The van der Waals surface area contributed by atoms with Crippen LogP contribution in [0.1, 0.15) is 25.7 Å². The molecular weight excluding hydrogens is 260 g/mol. The van der Waals surface area contributed by atoms with Crippen molar-refractivity contribution in [3.05, 3.63) is 34.4 Å². The van der Waals surface area contributed by atoms with Crippen molar-refractivity contribution in [2.75, 3.05) is 4.90 Å². The molecule has 104 valence electrons. The number of hydrogen-bond acceptors (Lipinski definition) is 4. The maximum Gasteiger partial charge on any atom is 0.269 e. The number of nitro groups is 1. The van der Waals surface area contributed by atoms with Gasteiger partial charge in [0.15, 0.2) is 0 Å². The second kappa shape index (κ2) is 4.70. The fraction of sp³-hybridized carbons (Fsp3) is 0.429. The summed E-state index contributed by atoms with van der Waals surface area (Å²) in [7, 11) is 0. The van der Waals surface area contributed by atoms with E-state index in [0.29, 0.717) is 5.69 Å². The summed E-state index contributed by atoms with van der Waals surface area (Å²) in [6.07, 6.45) is 3.49. The first kappa shape index (κ1) is 12.8. The van der Waals surface area contributed by atoms with Crippen LogP contribution in [0.3, 0.4) is 0 Å². The molecule has 1 saturated carbocycles. The Kier molecular flexibility index (Phi) is 3.00. The van der Waals surface area contributed by atoms with Crippen LogP contribution in [0.5, 0.6) is 0 Å². The molecule has 0 aromatic heterocycles. The summed E-state index contributed by atoms with van der Waals surface area (Å²) < 4.78 is 0. The smallest absolute Gasteiger partial charge is 0.269 e. The van der Waals surface area contributed by atoms with Gasteiger partial charge >= 0.3 is 0 Å². The fourth-order valence-corrected chi connectivity index (χ4v) is 3.14. The van der Waals surface area contributed by atoms with Crippen molar-refractivity contribution in [1.29, 1.82) is 0 Å². The molecule has 1 saturated heterocycles. The highest BCUT2D eigenvalue weighted by Crippen LogP contribution is 2.40. The third-order valence-electron chi connectivity index (χ3n) is 4.16. The van der Waals surface area contributed by atoms with Crippen LogP contribution in [-0.4, -0.2) is 16.7 Å². The van der Waals surface area contributed by atoms with Gasteiger partial charge in [0.2, 0.25) is 11.8 Å². The molecule has 0 radical (unpaired) electrons. The van der Waals surface area contributed by atoms with Crippen molar-refractivity contribution in [1.82, 2.24) is 0 Å². The van der Waals surface area contributed by atoms with Crippen molar-refractivity contribution in [2.24, 2.45) is 11.8 Å². The molecule has 0 N–H and O–H groups in total. The second-order valence-electron chi connectivity index (χ2n) is 5.28. The highest BCUT2D eigenvalue weighted by Gasteiger charge is 2.48. The number of benzene rings is 1. The molecule has 2 amide bonds. The van der Waals surface area contributed by atoms with Gasteiger partial charge in [0.25, 0.3) is 5.69 Å². The molecule has 1 aromatic rings. The van der Waals surface area contributed by atoms with Gasteiger partial charge in [-0.25, -0.2) is 0 Å². The van der Waals surface area contributed by atoms with E-state index in [1.54, 1.807) is 0 Å². The van der Waals surface area contributed by atoms with E-state index in [1.807, 2.05) is 0 Å². The molecule has 1 heterocycles. The van der Waals surface area contributed by atoms with E-state index in [2.05, 4.69) is 0 Å². The number of nitrogens with zero attached hydrogens (tertiary/aromatic N) is 2. The maximum atomic E-state index is 12.3. The van der Waals surface area contributed by atoms with Crippen LogP contribution in [0.4, 0.5) is 11.4 Å². The zero-order chi connectivity index (χ0) is 14.3. The van der Waals surface area contributed by atoms with E-state index in [0.717, 1.165) is 25.7 Å². The quantitative estimate of drug-likeness (QED) is 0.470. The molecule has 3 rings (SSSR count). The van der Waals surface area contributed by atoms with Crippen molar-refractivity contribution >= 4 is 23.2 Å². The Bertz CT molecular complexity index is 557. The second-order valence-corrected chi connectivity index (χ2v) is 5.28. The number of amides is 2. The summed E-state index contributed by atoms with van der Waals surface area (Å²) in [4.78, 5) is 36.0. The lowest BCUT2D eigenvalue weighted by Gasteiger charge is -2.19. The molecule has 1 aliphatic heterocycles. The van der Waals surface area contributed by atoms with Gasteiger partial charge < -0.3 is 0 Å². The SMILES string of the molecule is O=C1[C@H]2CCCC[C@H]2C(=O)N1c1ccc([N+](=O)[O-])cc1. The fourth-order valence-electron chi connectivity index (χ4n) is 3.14. The molecule has 20 heavy (non-hydrogen) atoms. The first-order chi connectivity index (χ1) is 9.59. The van der Waals surface area contributed by atoms with E-state index >= 15 is 0 Å². The standard InChI is InChI=1S/C14H14N2O4/c17-13-11-3-1-2-4-12(11)14(18)15(13)9-5-7-10(8-6-9)16(19)20/h5-8,11-12H,1-4H2/t11-,12+. The van der Waals surface area contributed by atoms with Crippen LogP contribution in [0.2, 0.25) is 0 Å². The number of rotatable bonds is 2. The van der Waals surface area contributed by atoms with Gasteiger partial charge in [0.1, 0.15) is 0 Å². The molecule has 0 unspecified atom stereocenters. The van der Waals surface area contributed by atoms with Gasteiger partial charge in [0.05, 0.1) is 22.4 Å². The largest absolute Gasteiger partial charge is 0.274 e. The Morgan fingerprint density at radius 1 is 1.00 bits per heavy atom. The lowest BCUT2D eigenvalue weighted by molar-refractivity contribution is -0.384. The normalized spacial score (nSPS) is 25.7. The predicted molar refractivity (Wildman–Crippen MR) is 71.0 cm³/mol. The van der Waals surface area contributed by atoms with Crippen molar-refractivity contribution in [2.45, 2.75) is 25.7 Å². The minimum Gasteiger partial charge on any atom is -0.274 e. The molecule has 6 heteroatoms. The summed E-state index contributed by atoms with van der Waals surface area (Å²) in [6.45, 7) is 0. The molecule has 2 atom stereocenters. The number of fused-ring (bicyclic) bond motifs is 1. The zero-order valence-electron chi connectivity index (χ0n) is 10.8. The Morgan fingerprint density at radius 3 is 1.95 bits per heavy atom. The number of non-ortho nitro benzene ring substituents is 1. The number of hydrogen-bond donors (Lipinski definition) is 0. The molecule has 2 aliphatic rings. The van der Waals surface area contributed by atoms with E-state index < -0.39 is 4.92 Å². The summed E-state index contributed by atoms with van der Waals surface area (Å²) in [5.41, 5.74) is 0.380. The van der Waals surface area contributed by atoms with Gasteiger partial charge in [-0.1, -0.05) is 12.8 Å². The van der Waals surface area contributed by atoms with Crippen LogP contribution in [0, 0.1) is 22.0 Å². The molecule has 2 fully saturated rings.